The molecule has 0 amide bonds. The van der Waals surface area contributed by atoms with Crippen LogP contribution in [0.4, 0.5) is 0 Å². The Kier molecular flexibility index (Phi) is 5.31. The maximum Gasteiger partial charge on any atom is 0.338 e. The van der Waals surface area contributed by atoms with Crippen molar-refractivity contribution in [2.45, 2.75) is 47.5 Å². The van der Waals surface area contributed by atoms with Crippen LogP contribution in [-0.2, 0) is 12.8 Å². The molecule has 0 spiro atoms. The van der Waals surface area contributed by atoms with E-state index in [4.69, 9.17) is 0 Å². The van der Waals surface area contributed by atoms with E-state index in [-0.39, 0.29) is 33.5 Å². The monoisotopic (exact) mass is 406 g/mol. The fourth-order valence-electron chi connectivity index (χ4n) is 3.89. The van der Waals surface area contributed by atoms with Crippen LogP contribution in [0.3, 0.4) is 0 Å². The minimum absolute atomic E-state index is 0.0106. The van der Waals surface area contributed by atoms with Crippen LogP contribution in [0.5, 0.6) is 0 Å². The molecule has 8 heteroatoms. The molecule has 0 atom stereocenters. The summed E-state index contributed by atoms with van der Waals surface area (Å²) in [5.74, 6) is -2.12. The Morgan fingerprint density at radius 2 is 1.60 bits per heavy atom. The number of aromatic nitrogens is 3. The summed E-state index contributed by atoms with van der Waals surface area (Å²) in [4.78, 5) is 33.8. The van der Waals surface area contributed by atoms with Gasteiger partial charge in [0.25, 0.3) is 0 Å². The van der Waals surface area contributed by atoms with Crippen LogP contribution < -0.4 is 0 Å². The van der Waals surface area contributed by atoms with Gasteiger partial charge < -0.3 is 10.2 Å². The van der Waals surface area contributed by atoms with Gasteiger partial charge in [-0.05, 0) is 49.9 Å². The molecule has 3 aromatic rings. The predicted molar refractivity (Wildman–Crippen MR) is 110 cm³/mol. The van der Waals surface area contributed by atoms with E-state index < -0.39 is 11.9 Å². The van der Waals surface area contributed by atoms with Gasteiger partial charge in [0.15, 0.2) is 5.65 Å². The first-order valence-electron chi connectivity index (χ1n) is 9.59. The van der Waals surface area contributed by atoms with Crippen molar-refractivity contribution < 1.29 is 19.8 Å². The van der Waals surface area contributed by atoms with Gasteiger partial charge in [0, 0.05) is 12.1 Å². The number of carbonyl (C=O) groups is 2. The number of hydrogen-bond acceptors (Lipinski definition) is 5. The fraction of sp³-hybridized carbons (Fsp3) is 0.318. The molecule has 0 radical (unpaired) electrons. The SMILES string of the molecule is CCc1cc(C)c2nc(CC)n(-c3c(C(=O)O)c(C)c(C#N)c(C)c3C(=O)O)c2n1. The lowest BCUT2D eigenvalue weighted by molar-refractivity contribution is 0.0695. The minimum atomic E-state index is -1.31. The number of pyridine rings is 1. The molecule has 0 saturated heterocycles. The summed E-state index contributed by atoms with van der Waals surface area (Å²) in [5.41, 5.74) is 2.69. The maximum atomic E-state index is 12.3. The van der Waals surface area contributed by atoms with Gasteiger partial charge in [-0.25, -0.2) is 19.6 Å². The Morgan fingerprint density at radius 3 is 2.03 bits per heavy atom. The van der Waals surface area contributed by atoms with Gasteiger partial charge >= 0.3 is 11.9 Å². The first-order valence-corrected chi connectivity index (χ1v) is 9.59. The Balaban J connectivity index is 2.67. The molecule has 3 rings (SSSR count). The molecule has 154 valence electrons. The highest BCUT2D eigenvalue weighted by molar-refractivity contribution is 6.04. The summed E-state index contributed by atoms with van der Waals surface area (Å²) < 4.78 is 1.54. The molecule has 30 heavy (non-hydrogen) atoms. The molecule has 0 fully saturated rings. The number of carboxylic acids is 2. The third kappa shape index (κ3) is 2.99. The van der Waals surface area contributed by atoms with Crippen LogP contribution in [0.25, 0.3) is 16.9 Å². The zero-order valence-corrected chi connectivity index (χ0v) is 17.5. The zero-order chi connectivity index (χ0) is 22.3. The molecular formula is C22H22N4O4. The zero-order valence-electron chi connectivity index (χ0n) is 17.5. The highest BCUT2D eigenvalue weighted by Crippen LogP contribution is 2.34. The van der Waals surface area contributed by atoms with Gasteiger partial charge in [0.2, 0.25) is 0 Å². The summed E-state index contributed by atoms with van der Waals surface area (Å²) in [6.07, 6.45) is 1.10. The lowest BCUT2D eigenvalue weighted by Gasteiger charge is -2.19. The normalized spacial score (nSPS) is 10.9. The van der Waals surface area contributed by atoms with Crippen LogP contribution in [0.2, 0.25) is 0 Å². The van der Waals surface area contributed by atoms with Crippen molar-refractivity contribution in [3.05, 3.63) is 51.0 Å². The highest BCUT2D eigenvalue weighted by Gasteiger charge is 2.31. The van der Waals surface area contributed by atoms with Crippen LogP contribution in [-0.4, -0.2) is 36.7 Å². The quantitative estimate of drug-likeness (QED) is 0.660. The topological polar surface area (TPSA) is 129 Å². The van der Waals surface area contributed by atoms with Crippen molar-refractivity contribution >= 4 is 23.1 Å². The van der Waals surface area contributed by atoms with Gasteiger partial charge in [-0.2, -0.15) is 5.26 Å². The second-order valence-electron chi connectivity index (χ2n) is 7.12. The van der Waals surface area contributed by atoms with E-state index >= 15 is 0 Å². The van der Waals surface area contributed by atoms with E-state index in [0.717, 1.165) is 11.3 Å². The fourth-order valence-corrected chi connectivity index (χ4v) is 3.89. The second-order valence-corrected chi connectivity index (χ2v) is 7.12. The first-order chi connectivity index (χ1) is 14.2. The highest BCUT2D eigenvalue weighted by atomic mass is 16.4. The summed E-state index contributed by atoms with van der Waals surface area (Å²) >= 11 is 0. The second kappa shape index (κ2) is 7.59. The average molecular weight is 406 g/mol. The number of benzene rings is 1. The van der Waals surface area contributed by atoms with Crippen molar-refractivity contribution in [2.75, 3.05) is 0 Å². The number of carboxylic acid groups (broad SMARTS) is 2. The smallest absolute Gasteiger partial charge is 0.338 e. The van der Waals surface area contributed by atoms with Crippen LogP contribution >= 0.6 is 0 Å². The molecule has 0 unspecified atom stereocenters. The van der Waals surface area contributed by atoms with E-state index in [1.165, 1.54) is 18.4 Å². The number of fused-ring (bicyclic) bond motifs is 1. The lowest BCUT2D eigenvalue weighted by atomic mass is 9.91. The van der Waals surface area contributed by atoms with Gasteiger partial charge in [-0.1, -0.05) is 13.8 Å². The number of nitriles is 1. The molecule has 0 aliphatic rings. The summed E-state index contributed by atoms with van der Waals surface area (Å²) in [7, 11) is 0. The Labute approximate surface area is 173 Å². The molecule has 2 N–H and O–H groups in total. The van der Waals surface area contributed by atoms with Crippen molar-refractivity contribution in [3.8, 4) is 11.8 Å². The number of aromatic carboxylic acids is 2. The van der Waals surface area contributed by atoms with Gasteiger partial charge in [0.1, 0.15) is 11.3 Å². The van der Waals surface area contributed by atoms with Crippen molar-refractivity contribution in [3.63, 3.8) is 0 Å². The van der Waals surface area contributed by atoms with E-state index in [0.29, 0.717) is 29.8 Å². The number of rotatable bonds is 5. The van der Waals surface area contributed by atoms with E-state index in [1.54, 1.807) is 0 Å². The Morgan fingerprint density at radius 1 is 1.03 bits per heavy atom. The number of aryl methyl sites for hydroxylation is 3. The summed E-state index contributed by atoms with van der Waals surface area (Å²) in [5, 5.41) is 29.5. The van der Waals surface area contributed by atoms with E-state index in [1.807, 2.05) is 32.9 Å². The summed E-state index contributed by atoms with van der Waals surface area (Å²) in [6.45, 7) is 8.75. The largest absolute Gasteiger partial charge is 0.478 e. The van der Waals surface area contributed by atoms with Crippen LogP contribution in [0.1, 0.15) is 68.3 Å². The Hall–Kier alpha value is -3.73. The molecule has 0 bridgehead atoms. The van der Waals surface area contributed by atoms with Crippen molar-refractivity contribution in [1.29, 1.82) is 5.26 Å². The Bertz CT molecular complexity index is 1220. The van der Waals surface area contributed by atoms with Gasteiger partial charge in [-0.3, -0.25) is 4.57 Å². The van der Waals surface area contributed by atoms with Crippen molar-refractivity contribution in [1.82, 2.24) is 14.5 Å². The lowest BCUT2D eigenvalue weighted by Crippen LogP contribution is -2.19. The van der Waals surface area contributed by atoms with Crippen LogP contribution in [0.15, 0.2) is 6.07 Å². The van der Waals surface area contributed by atoms with Gasteiger partial charge in [0.05, 0.1) is 28.4 Å². The van der Waals surface area contributed by atoms with E-state index in [2.05, 4.69) is 9.97 Å². The molecule has 0 saturated carbocycles. The number of imidazole rings is 1. The number of hydrogen-bond donors (Lipinski definition) is 2. The molecular weight excluding hydrogens is 384 g/mol. The molecule has 0 aliphatic heterocycles. The molecule has 2 heterocycles. The van der Waals surface area contributed by atoms with E-state index in [9.17, 15) is 25.1 Å². The molecule has 0 aliphatic carbocycles. The molecule has 1 aromatic carbocycles. The average Bonchev–Trinajstić information content (AvgIpc) is 3.05. The third-order valence-corrected chi connectivity index (χ3v) is 5.34. The predicted octanol–water partition coefficient (Wildman–Crippen LogP) is 3.74. The standard InChI is InChI=1S/C22H22N4O4/c1-6-13-8-10(3)18-20(24-13)26(15(7-2)25-18)19-16(21(27)28)11(4)14(9-23)12(5)17(19)22(29)30/h8H,6-7H2,1-5H3,(H,27,28)(H,29,30). The first kappa shape index (κ1) is 21.0. The maximum absolute atomic E-state index is 12.3. The minimum Gasteiger partial charge on any atom is -0.478 e. The van der Waals surface area contributed by atoms with Crippen LogP contribution in [0, 0.1) is 32.1 Å². The summed E-state index contributed by atoms with van der Waals surface area (Å²) in [6, 6.07) is 3.87. The van der Waals surface area contributed by atoms with Gasteiger partial charge in [-0.15, -0.1) is 0 Å². The number of nitrogens with zero attached hydrogens (tertiary/aromatic N) is 4. The molecule has 2 aromatic heterocycles. The van der Waals surface area contributed by atoms with Crippen molar-refractivity contribution in [2.24, 2.45) is 0 Å². The molecule has 8 nitrogen and oxygen atoms in total. The third-order valence-electron chi connectivity index (χ3n) is 5.34.